The topological polar surface area (TPSA) is 112 Å². The number of fused-ring (bicyclic) bond motifs is 1. The van der Waals surface area contributed by atoms with Crippen molar-refractivity contribution in [2.45, 2.75) is 24.0 Å². The van der Waals surface area contributed by atoms with Crippen LogP contribution < -0.4 is 10.2 Å². The summed E-state index contributed by atoms with van der Waals surface area (Å²) in [5.41, 5.74) is 1.40. The highest BCUT2D eigenvalue weighted by Gasteiger charge is 2.25. The highest BCUT2D eigenvalue weighted by atomic mass is 35.5. The lowest BCUT2D eigenvalue weighted by molar-refractivity contribution is 0.0897. The van der Waals surface area contributed by atoms with E-state index in [2.05, 4.69) is 10.3 Å². The van der Waals surface area contributed by atoms with Gasteiger partial charge in [-0.2, -0.15) is 4.98 Å². The molecule has 1 aliphatic heterocycles. The third-order valence-electron chi connectivity index (χ3n) is 4.63. The van der Waals surface area contributed by atoms with Gasteiger partial charge in [-0.15, -0.1) is 0 Å². The third kappa shape index (κ3) is 3.85. The number of carbonyl (C=O) groups is 1. The Balaban J connectivity index is 1.37. The molecule has 8 nitrogen and oxygen atoms in total. The Kier molecular flexibility index (Phi) is 4.80. The van der Waals surface area contributed by atoms with Gasteiger partial charge in [-0.05, 0) is 43.2 Å². The molecule has 2 aromatic heterocycles. The highest BCUT2D eigenvalue weighted by Crippen LogP contribution is 2.26. The molecule has 0 bridgehead atoms. The molecule has 0 spiro atoms. The number of aromatic nitrogens is 1. The minimum absolute atomic E-state index is 0.00327. The van der Waals surface area contributed by atoms with Gasteiger partial charge >= 0.3 is 0 Å². The van der Waals surface area contributed by atoms with Crippen LogP contribution in [-0.2, 0) is 9.73 Å². The number of rotatable bonds is 4. The molecule has 0 radical (unpaired) electrons. The average Bonchev–Trinajstić information content (AvgIpc) is 3.29. The van der Waals surface area contributed by atoms with Gasteiger partial charge < -0.3 is 19.1 Å². The molecule has 28 heavy (non-hydrogen) atoms. The summed E-state index contributed by atoms with van der Waals surface area (Å²) in [6.45, 7) is 1.37. The van der Waals surface area contributed by atoms with Crippen LogP contribution in [0.3, 0.4) is 0 Å². The fraction of sp³-hybridized carbons (Fsp3) is 0.333. The Hall–Kier alpha value is -2.52. The second-order valence-corrected chi connectivity index (χ2v) is 9.33. The van der Waals surface area contributed by atoms with Crippen LogP contribution in [0.4, 0.5) is 6.01 Å². The first-order valence-electron chi connectivity index (χ1n) is 8.75. The first-order chi connectivity index (χ1) is 13.3. The van der Waals surface area contributed by atoms with Gasteiger partial charge in [0.1, 0.15) is 15.2 Å². The largest absolute Gasteiger partial charge is 0.441 e. The van der Waals surface area contributed by atoms with E-state index < -0.39 is 9.73 Å². The third-order valence-corrected chi connectivity index (χ3v) is 5.85. The molecule has 2 N–H and O–H groups in total. The molecular weight excluding hydrogens is 404 g/mol. The molecule has 3 heterocycles. The number of benzene rings is 1. The van der Waals surface area contributed by atoms with E-state index in [1.165, 1.54) is 18.4 Å². The molecule has 1 aliphatic rings. The lowest BCUT2D eigenvalue weighted by Crippen LogP contribution is -2.44. The molecule has 3 aromatic rings. The maximum absolute atomic E-state index is 12.3. The molecule has 1 aromatic carbocycles. The van der Waals surface area contributed by atoms with Crippen LogP contribution in [0, 0.1) is 4.78 Å². The average molecular weight is 423 g/mol. The Morgan fingerprint density at radius 1 is 1.29 bits per heavy atom. The fourth-order valence-corrected chi connectivity index (χ4v) is 3.89. The van der Waals surface area contributed by atoms with Gasteiger partial charge in [0.25, 0.3) is 11.9 Å². The summed E-state index contributed by atoms with van der Waals surface area (Å²) in [4.78, 5) is 18.9. The zero-order valence-electron chi connectivity index (χ0n) is 15.1. The van der Waals surface area contributed by atoms with Crippen molar-refractivity contribution < 1.29 is 17.8 Å². The minimum atomic E-state index is -2.98. The number of hydrogen-bond acceptors (Lipinski definition) is 7. The Labute approximate surface area is 166 Å². The van der Waals surface area contributed by atoms with Crippen molar-refractivity contribution in [3.05, 3.63) is 41.1 Å². The molecule has 1 atom stereocenters. The number of carbonyl (C=O) groups excluding carboxylic acids is 1. The molecule has 1 fully saturated rings. The smallest absolute Gasteiger partial charge is 0.298 e. The van der Waals surface area contributed by atoms with Gasteiger partial charge in [-0.3, -0.25) is 4.79 Å². The number of anilines is 1. The molecule has 4 rings (SSSR count). The molecule has 148 valence electrons. The Morgan fingerprint density at radius 3 is 2.71 bits per heavy atom. The van der Waals surface area contributed by atoms with Crippen LogP contribution in [0.1, 0.15) is 23.4 Å². The van der Waals surface area contributed by atoms with E-state index in [1.807, 2.05) is 4.90 Å². The maximum atomic E-state index is 12.3. The van der Waals surface area contributed by atoms with Crippen molar-refractivity contribution in [3.8, 4) is 0 Å². The van der Waals surface area contributed by atoms with Crippen LogP contribution in [0.5, 0.6) is 0 Å². The molecule has 1 saturated heterocycles. The maximum Gasteiger partial charge on any atom is 0.298 e. The first kappa shape index (κ1) is 18.8. The van der Waals surface area contributed by atoms with E-state index in [-0.39, 0.29) is 22.8 Å². The van der Waals surface area contributed by atoms with Crippen LogP contribution >= 0.6 is 11.6 Å². The molecule has 0 saturated carbocycles. The standard InChI is InChI=1S/C18H19ClN4O4S/c1-28(20,25)16-5-4-15(26-16)17(24)21-12-6-8-23(9-7-12)18-22-13-10-11(19)2-3-14(13)27-18/h2-5,10,12,20H,6-9H2,1H3,(H,21,24)/t28-/m1/s1. The number of halogens is 1. The predicted octanol–water partition coefficient (Wildman–Crippen LogP) is 3.51. The van der Waals surface area contributed by atoms with Gasteiger partial charge in [-0.25, -0.2) is 8.99 Å². The predicted molar refractivity (Wildman–Crippen MR) is 105 cm³/mol. The molecule has 0 unspecified atom stereocenters. The van der Waals surface area contributed by atoms with E-state index >= 15 is 0 Å². The summed E-state index contributed by atoms with van der Waals surface area (Å²) in [7, 11) is -2.98. The minimum Gasteiger partial charge on any atom is -0.441 e. The zero-order valence-corrected chi connectivity index (χ0v) is 16.7. The van der Waals surface area contributed by atoms with Gasteiger partial charge in [0.15, 0.2) is 16.4 Å². The summed E-state index contributed by atoms with van der Waals surface area (Å²) < 4.78 is 30.2. The molecule has 0 aliphatic carbocycles. The number of furan rings is 1. The van der Waals surface area contributed by atoms with E-state index in [9.17, 15) is 9.00 Å². The van der Waals surface area contributed by atoms with Crippen molar-refractivity contribution in [2.75, 3.05) is 24.2 Å². The summed E-state index contributed by atoms with van der Waals surface area (Å²) in [5.74, 6) is -0.306. The second kappa shape index (κ2) is 7.14. The van der Waals surface area contributed by atoms with Crippen molar-refractivity contribution in [1.82, 2.24) is 10.3 Å². The van der Waals surface area contributed by atoms with Crippen molar-refractivity contribution in [1.29, 1.82) is 4.78 Å². The molecular formula is C18H19ClN4O4S. The number of hydrogen-bond donors (Lipinski definition) is 2. The number of piperidine rings is 1. The lowest BCUT2D eigenvalue weighted by atomic mass is 10.1. The number of nitrogens with zero attached hydrogens (tertiary/aromatic N) is 2. The van der Waals surface area contributed by atoms with Crippen LogP contribution in [0.15, 0.2) is 44.3 Å². The fourth-order valence-electron chi connectivity index (χ4n) is 3.15. The summed E-state index contributed by atoms with van der Waals surface area (Å²) in [6.07, 6.45) is 2.70. The van der Waals surface area contributed by atoms with E-state index in [4.69, 9.17) is 25.2 Å². The summed E-state index contributed by atoms with van der Waals surface area (Å²) in [5, 5.41) is 3.54. The van der Waals surface area contributed by atoms with Crippen molar-refractivity contribution in [2.24, 2.45) is 0 Å². The quantitative estimate of drug-likeness (QED) is 0.665. The van der Waals surface area contributed by atoms with Crippen LogP contribution in [0.25, 0.3) is 11.1 Å². The van der Waals surface area contributed by atoms with Crippen molar-refractivity contribution >= 4 is 44.4 Å². The zero-order chi connectivity index (χ0) is 19.9. The number of nitrogens with one attached hydrogen (secondary N) is 2. The molecule has 1 amide bonds. The second-order valence-electron chi connectivity index (χ2n) is 6.81. The number of oxazole rings is 1. The first-order valence-corrected chi connectivity index (χ1v) is 11.1. The van der Waals surface area contributed by atoms with E-state index in [0.29, 0.717) is 35.2 Å². The SMILES string of the molecule is C[S@@](=N)(=O)c1ccc(C(=O)NC2CCN(c3nc4cc(Cl)ccc4o3)CC2)o1. The van der Waals surface area contributed by atoms with Crippen molar-refractivity contribution in [3.63, 3.8) is 0 Å². The van der Waals surface area contributed by atoms with E-state index in [1.54, 1.807) is 18.2 Å². The lowest BCUT2D eigenvalue weighted by Gasteiger charge is -2.31. The number of amides is 1. The van der Waals surface area contributed by atoms with Gasteiger partial charge in [0.2, 0.25) is 0 Å². The summed E-state index contributed by atoms with van der Waals surface area (Å²) >= 11 is 5.99. The Morgan fingerprint density at radius 2 is 2.04 bits per heavy atom. The van der Waals surface area contributed by atoms with Gasteiger partial charge in [0, 0.05) is 30.4 Å². The van der Waals surface area contributed by atoms with E-state index in [0.717, 1.165) is 12.8 Å². The van der Waals surface area contributed by atoms with Gasteiger partial charge in [-0.1, -0.05) is 11.6 Å². The van der Waals surface area contributed by atoms with Gasteiger partial charge in [0.05, 0.1) is 0 Å². The molecule has 10 heteroatoms. The monoisotopic (exact) mass is 422 g/mol. The van der Waals surface area contributed by atoms with Crippen LogP contribution in [-0.4, -0.2) is 40.5 Å². The normalized spacial score (nSPS) is 17.6. The summed E-state index contributed by atoms with van der Waals surface area (Å²) in [6, 6.07) is 8.71. The van der Waals surface area contributed by atoms with Crippen LogP contribution in [0.2, 0.25) is 5.02 Å². The highest BCUT2D eigenvalue weighted by molar-refractivity contribution is 7.91. The Bertz CT molecular complexity index is 1130.